The fourth-order valence-corrected chi connectivity index (χ4v) is 3.68. The molecule has 1 unspecified atom stereocenters. The maximum absolute atomic E-state index is 12.8. The van der Waals surface area contributed by atoms with Gasteiger partial charge in [0, 0.05) is 30.7 Å². The largest absolute Gasteiger partial charge is 0.497 e. The van der Waals surface area contributed by atoms with Gasteiger partial charge in [0.25, 0.3) is 0 Å². The van der Waals surface area contributed by atoms with Crippen molar-refractivity contribution in [3.8, 4) is 5.75 Å². The van der Waals surface area contributed by atoms with Crippen LogP contribution >= 0.6 is 12.4 Å². The third-order valence-electron chi connectivity index (χ3n) is 5.11. The summed E-state index contributed by atoms with van der Waals surface area (Å²) < 4.78 is 5.15. The van der Waals surface area contributed by atoms with Crippen molar-refractivity contribution in [2.24, 2.45) is 5.73 Å². The molecule has 0 aliphatic carbocycles. The first kappa shape index (κ1) is 21.2. The molecule has 2 aromatic rings. The van der Waals surface area contributed by atoms with Gasteiger partial charge in [-0.15, -0.1) is 12.4 Å². The topological polar surface area (TPSA) is 67.6 Å². The molecular formula is C21H28ClN3O2. The number of carbonyl (C=O) groups excluding carboxylic acids is 1. The van der Waals surface area contributed by atoms with Gasteiger partial charge in [0.2, 0.25) is 5.91 Å². The molecule has 3 atom stereocenters. The Balaban J connectivity index is 0.00000261. The Morgan fingerprint density at radius 2 is 1.85 bits per heavy atom. The highest BCUT2D eigenvalue weighted by molar-refractivity contribution is 5.94. The van der Waals surface area contributed by atoms with E-state index in [0.29, 0.717) is 0 Å². The van der Waals surface area contributed by atoms with Gasteiger partial charge in [0.05, 0.1) is 13.2 Å². The van der Waals surface area contributed by atoms with Crippen molar-refractivity contribution in [1.82, 2.24) is 4.90 Å². The van der Waals surface area contributed by atoms with Crippen LogP contribution in [0, 0.1) is 0 Å². The summed E-state index contributed by atoms with van der Waals surface area (Å²) in [5, 5.41) is 3.01. The Kier molecular flexibility index (Phi) is 7.66. The van der Waals surface area contributed by atoms with E-state index in [1.807, 2.05) is 49.4 Å². The molecule has 0 bridgehead atoms. The Bertz CT molecular complexity index is 724. The van der Waals surface area contributed by atoms with E-state index in [4.69, 9.17) is 10.5 Å². The number of hydrogen-bond donors (Lipinski definition) is 2. The Morgan fingerprint density at radius 1 is 1.19 bits per heavy atom. The molecule has 1 fully saturated rings. The van der Waals surface area contributed by atoms with Crippen LogP contribution in [0.25, 0.3) is 0 Å². The summed E-state index contributed by atoms with van der Waals surface area (Å²) in [6.45, 7) is 3.58. The van der Waals surface area contributed by atoms with Crippen LogP contribution in [0.1, 0.15) is 24.8 Å². The van der Waals surface area contributed by atoms with Crippen LogP contribution in [0.2, 0.25) is 0 Å². The molecule has 0 spiro atoms. The minimum atomic E-state index is -0.183. The van der Waals surface area contributed by atoms with Crippen LogP contribution in [-0.4, -0.2) is 43.1 Å². The predicted molar refractivity (Wildman–Crippen MR) is 112 cm³/mol. The zero-order valence-electron chi connectivity index (χ0n) is 15.8. The van der Waals surface area contributed by atoms with E-state index >= 15 is 0 Å². The molecule has 1 aliphatic rings. The molecule has 146 valence electrons. The van der Waals surface area contributed by atoms with E-state index in [2.05, 4.69) is 22.3 Å². The molecule has 0 saturated carbocycles. The number of nitrogens with zero attached hydrogens (tertiary/aromatic N) is 1. The molecule has 6 heteroatoms. The summed E-state index contributed by atoms with van der Waals surface area (Å²) in [6.07, 6.45) is 0.746. The van der Waals surface area contributed by atoms with Crippen LogP contribution in [0.4, 0.5) is 5.69 Å². The van der Waals surface area contributed by atoms with Crippen LogP contribution in [0.3, 0.4) is 0 Å². The van der Waals surface area contributed by atoms with Crippen molar-refractivity contribution in [2.75, 3.05) is 25.5 Å². The summed E-state index contributed by atoms with van der Waals surface area (Å²) in [6, 6.07) is 17.6. The second kappa shape index (κ2) is 9.74. The number of ether oxygens (including phenoxy) is 1. The normalized spacial score (nSPS) is 20.6. The third kappa shape index (κ3) is 5.01. The van der Waals surface area contributed by atoms with Crippen molar-refractivity contribution in [3.63, 3.8) is 0 Å². The van der Waals surface area contributed by atoms with E-state index in [-0.39, 0.29) is 36.3 Å². The zero-order chi connectivity index (χ0) is 18.5. The predicted octanol–water partition coefficient (Wildman–Crippen LogP) is 3.26. The lowest BCUT2D eigenvalue weighted by Crippen LogP contribution is -2.43. The zero-order valence-corrected chi connectivity index (χ0v) is 16.6. The van der Waals surface area contributed by atoms with Gasteiger partial charge in [-0.3, -0.25) is 9.69 Å². The summed E-state index contributed by atoms with van der Waals surface area (Å²) in [5.74, 6) is 1.05. The molecule has 2 aromatic carbocycles. The van der Waals surface area contributed by atoms with Crippen molar-refractivity contribution < 1.29 is 9.53 Å². The Morgan fingerprint density at radius 3 is 2.44 bits per heavy atom. The first-order valence-corrected chi connectivity index (χ1v) is 9.12. The van der Waals surface area contributed by atoms with Gasteiger partial charge < -0.3 is 15.8 Å². The second-order valence-corrected chi connectivity index (χ2v) is 6.78. The maximum Gasteiger partial charge on any atom is 0.241 e. The number of rotatable bonds is 6. The summed E-state index contributed by atoms with van der Waals surface area (Å²) >= 11 is 0. The molecule has 27 heavy (non-hydrogen) atoms. The highest BCUT2D eigenvalue weighted by atomic mass is 35.5. The number of halogens is 1. The summed E-state index contributed by atoms with van der Waals surface area (Å²) in [5.41, 5.74) is 8.41. The van der Waals surface area contributed by atoms with Crippen molar-refractivity contribution >= 4 is 24.0 Å². The fourth-order valence-electron chi connectivity index (χ4n) is 3.68. The van der Waals surface area contributed by atoms with Crippen molar-refractivity contribution in [2.45, 2.75) is 31.3 Å². The van der Waals surface area contributed by atoms with Crippen LogP contribution in [0.15, 0.2) is 54.6 Å². The number of hydrogen-bond acceptors (Lipinski definition) is 4. The highest BCUT2D eigenvalue weighted by Gasteiger charge is 2.36. The Labute approximate surface area is 167 Å². The molecule has 0 aromatic heterocycles. The SMILES string of the molecule is CCC(C(=O)Nc1ccc(OC)cc1)N1C[C@@H](N)[C@H](c2ccccc2)C1.Cl. The van der Waals surface area contributed by atoms with Gasteiger partial charge in [-0.05, 0) is 36.2 Å². The molecule has 1 heterocycles. The number of amides is 1. The lowest BCUT2D eigenvalue weighted by atomic mass is 9.95. The monoisotopic (exact) mass is 389 g/mol. The number of anilines is 1. The van der Waals surface area contributed by atoms with Crippen molar-refractivity contribution in [3.05, 3.63) is 60.2 Å². The number of likely N-dealkylation sites (tertiary alicyclic amines) is 1. The average molecular weight is 390 g/mol. The number of nitrogens with one attached hydrogen (secondary N) is 1. The molecule has 1 saturated heterocycles. The highest BCUT2D eigenvalue weighted by Crippen LogP contribution is 2.28. The average Bonchev–Trinajstić information content (AvgIpc) is 3.05. The molecule has 1 aliphatic heterocycles. The molecule has 1 amide bonds. The first-order chi connectivity index (χ1) is 12.6. The summed E-state index contributed by atoms with van der Waals surface area (Å²) in [7, 11) is 1.63. The molecule has 3 rings (SSSR count). The quantitative estimate of drug-likeness (QED) is 0.795. The van der Waals surface area contributed by atoms with Crippen LogP contribution in [-0.2, 0) is 4.79 Å². The van der Waals surface area contributed by atoms with Crippen LogP contribution in [0.5, 0.6) is 5.75 Å². The minimum absolute atomic E-state index is 0. The number of nitrogens with two attached hydrogens (primary N) is 1. The third-order valence-corrected chi connectivity index (χ3v) is 5.11. The Hall–Kier alpha value is -2.08. The lowest BCUT2D eigenvalue weighted by molar-refractivity contribution is -0.121. The van der Waals surface area contributed by atoms with Gasteiger partial charge in [-0.25, -0.2) is 0 Å². The fraction of sp³-hybridized carbons (Fsp3) is 0.381. The molecular weight excluding hydrogens is 362 g/mol. The van der Waals surface area contributed by atoms with Gasteiger partial charge in [-0.2, -0.15) is 0 Å². The van der Waals surface area contributed by atoms with E-state index in [0.717, 1.165) is 30.9 Å². The maximum atomic E-state index is 12.8. The smallest absolute Gasteiger partial charge is 0.241 e. The minimum Gasteiger partial charge on any atom is -0.497 e. The number of methoxy groups -OCH3 is 1. The second-order valence-electron chi connectivity index (χ2n) is 6.78. The summed E-state index contributed by atoms with van der Waals surface area (Å²) in [4.78, 5) is 15.0. The van der Waals surface area contributed by atoms with Gasteiger partial charge in [0.15, 0.2) is 0 Å². The van der Waals surface area contributed by atoms with E-state index in [1.165, 1.54) is 5.56 Å². The van der Waals surface area contributed by atoms with Gasteiger partial charge in [0.1, 0.15) is 5.75 Å². The van der Waals surface area contributed by atoms with Gasteiger partial charge >= 0.3 is 0 Å². The van der Waals surface area contributed by atoms with Crippen molar-refractivity contribution in [1.29, 1.82) is 0 Å². The van der Waals surface area contributed by atoms with E-state index < -0.39 is 0 Å². The number of benzene rings is 2. The molecule has 3 N–H and O–H groups in total. The molecule has 0 radical (unpaired) electrons. The van der Waals surface area contributed by atoms with E-state index in [9.17, 15) is 4.79 Å². The van der Waals surface area contributed by atoms with Gasteiger partial charge in [-0.1, -0.05) is 37.3 Å². The first-order valence-electron chi connectivity index (χ1n) is 9.12. The van der Waals surface area contributed by atoms with E-state index in [1.54, 1.807) is 7.11 Å². The number of carbonyl (C=O) groups is 1. The molecule has 5 nitrogen and oxygen atoms in total. The standard InChI is InChI=1S/C21H27N3O2.ClH/c1-3-20(21(25)23-16-9-11-17(26-2)12-10-16)24-13-18(19(22)14-24)15-7-5-4-6-8-15;/h4-12,18-20H,3,13-14,22H2,1-2H3,(H,23,25);1H/t18-,19+,20?;/m0./s1. The van der Waals surface area contributed by atoms with Crippen LogP contribution < -0.4 is 15.8 Å². The lowest BCUT2D eigenvalue weighted by Gasteiger charge is -2.26.